The van der Waals surface area contributed by atoms with E-state index in [9.17, 15) is 9.18 Å². The molecule has 0 radical (unpaired) electrons. The summed E-state index contributed by atoms with van der Waals surface area (Å²) in [6.45, 7) is 4.28. The summed E-state index contributed by atoms with van der Waals surface area (Å²) in [5.74, 6) is -0.132. The van der Waals surface area contributed by atoms with E-state index in [0.717, 1.165) is 24.9 Å². The van der Waals surface area contributed by atoms with Crippen LogP contribution in [0, 0.1) is 5.82 Å². The molecule has 1 aliphatic heterocycles. The van der Waals surface area contributed by atoms with Crippen molar-refractivity contribution in [2.75, 3.05) is 20.1 Å². The van der Waals surface area contributed by atoms with Gasteiger partial charge in [0, 0.05) is 19.1 Å². The second kappa shape index (κ2) is 7.52. The van der Waals surface area contributed by atoms with E-state index in [1.165, 1.54) is 12.1 Å². The van der Waals surface area contributed by atoms with E-state index in [1.54, 1.807) is 12.1 Å². The molecule has 1 amide bonds. The molecule has 2 N–H and O–H groups in total. The van der Waals surface area contributed by atoms with Gasteiger partial charge in [-0.15, -0.1) is 0 Å². The van der Waals surface area contributed by atoms with Gasteiger partial charge in [0.15, 0.2) is 0 Å². The van der Waals surface area contributed by atoms with Crippen LogP contribution in [0.15, 0.2) is 24.3 Å². The molecule has 4 nitrogen and oxygen atoms in total. The van der Waals surface area contributed by atoms with E-state index in [1.807, 2.05) is 14.0 Å². The van der Waals surface area contributed by atoms with Crippen molar-refractivity contribution in [1.82, 2.24) is 15.5 Å². The summed E-state index contributed by atoms with van der Waals surface area (Å²) in [6.07, 6.45) is 1.92. The van der Waals surface area contributed by atoms with Crippen LogP contribution >= 0.6 is 0 Å². The number of nitrogens with one attached hydrogen (secondary N) is 2. The van der Waals surface area contributed by atoms with Crippen molar-refractivity contribution in [3.63, 3.8) is 0 Å². The molecule has 0 bridgehead atoms. The molecule has 2 unspecified atom stereocenters. The predicted molar refractivity (Wildman–Crippen MR) is 81.4 cm³/mol. The zero-order valence-corrected chi connectivity index (χ0v) is 12.7. The van der Waals surface area contributed by atoms with Crippen molar-refractivity contribution in [2.24, 2.45) is 0 Å². The molecule has 1 aliphatic rings. The smallest absolute Gasteiger partial charge is 0.237 e. The molecule has 1 aromatic rings. The van der Waals surface area contributed by atoms with Gasteiger partial charge in [0.2, 0.25) is 5.91 Å². The van der Waals surface area contributed by atoms with Crippen LogP contribution in [-0.2, 0) is 11.3 Å². The summed E-state index contributed by atoms with van der Waals surface area (Å²) < 4.78 is 12.9. The van der Waals surface area contributed by atoms with Crippen LogP contribution in [0.1, 0.15) is 25.3 Å². The minimum Gasteiger partial charge on any atom is -0.353 e. The first-order valence-corrected chi connectivity index (χ1v) is 7.53. The largest absolute Gasteiger partial charge is 0.353 e. The van der Waals surface area contributed by atoms with Crippen molar-refractivity contribution >= 4 is 5.91 Å². The van der Waals surface area contributed by atoms with Crippen LogP contribution in [0.25, 0.3) is 0 Å². The molecule has 1 fully saturated rings. The quantitative estimate of drug-likeness (QED) is 0.836. The van der Waals surface area contributed by atoms with Gasteiger partial charge in [-0.05, 0) is 51.1 Å². The van der Waals surface area contributed by atoms with Crippen molar-refractivity contribution in [3.8, 4) is 0 Å². The Morgan fingerprint density at radius 3 is 2.81 bits per heavy atom. The number of halogens is 1. The number of carbonyl (C=O) groups excluding carboxylic acids is 1. The summed E-state index contributed by atoms with van der Waals surface area (Å²) >= 11 is 0. The highest BCUT2D eigenvalue weighted by Gasteiger charge is 2.30. The molecule has 0 aliphatic carbocycles. The number of rotatable bonds is 6. The molecule has 0 spiro atoms. The van der Waals surface area contributed by atoms with E-state index in [-0.39, 0.29) is 23.8 Å². The minimum absolute atomic E-state index is 0.0703. The lowest BCUT2D eigenvalue weighted by atomic mass is 10.1. The van der Waals surface area contributed by atoms with Crippen molar-refractivity contribution < 1.29 is 9.18 Å². The highest BCUT2D eigenvalue weighted by molar-refractivity contribution is 5.82. The maximum Gasteiger partial charge on any atom is 0.237 e. The van der Waals surface area contributed by atoms with Gasteiger partial charge in [-0.1, -0.05) is 12.1 Å². The fraction of sp³-hybridized carbons (Fsp3) is 0.562. The Morgan fingerprint density at radius 1 is 1.43 bits per heavy atom. The summed E-state index contributed by atoms with van der Waals surface area (Å²) in [5.41, 5.74) is 1.04. The first-order chi connectivity index (χ1) is 10.1. The molecule has 5 heteroatoms. The molecule has 1 saturated heterocycles. The van der Waals surface area contributed by atoms with Gasteiger partial charge in [0.25, 0.3) is 0 Å². The fourth-order valence-electron chi connectivity index (χ4n) is 2.61. The standard InChI is InChI=1S/C16H24FN3O/c1-12(18-2)10-19-16(21)15-4-3-9-20(15)11-13-5-7-14(17)8-6-13/h5-8,12,15,18H,3-4,9-11H2,1-2H3,(H,19,21). The van der Waals surface area contributed by atoms with E-state index < -0.39 is 0 Å². The summed E-state index contributed by atoms with van der Waals surface area (Å²) in [7, 11) is 1.88. The number of hydrogen-bond donors (Lipinski definition) is 2. The zero-order chi connectivity index (χ0) is 15.2. The lowest BCUT2D eigenvalue weighted by Crippen LogP contribution is -2.46. The first-order valence-electron chi connectivity index (χ1n) is 7.53. The predicted octanol–water partition coefficient (Wildman–Crippen LogP) is 1.51. The molecule has 1 aromatic carbocycles. The Labute approximate surface area is 125 Å². The Kier molecular flexibility index (Phi) is 5.70. The van der Waals surface area contributed by atoms with Crippen molar-refractivity contribution in [2.45, 2.75) is 38.4 Å². The van der Waals surface area contributed by atoms with Gasteiger partial charge in [-0.25, -0.2) is 4.39 Å². The molecule has 116 valence electrons. The van der Waals surface area contributed by atoms with Crippen molar-refractivity contribution in [3.05, 3.63) is 35.6 Å². The number of nitrogens with zero attached hydrogens (tertiary/aromatic N) is 1. The van der Waals surface area contributed by atoms with Crippen LogP contribution in [0.4, 0.5) is 4.39 Å². The molecule has 2 atom stereocenters. The topological polar surface area (TPSA) is 44.4 Å². The number of likely N-dealkylation sites (N-methyl/N-ethyl adjacent to an activating group) is 1. The van der Waals surface area contributed by atoms with Gasteiger partial charge in [-0.3, -0.25) is 9.69 Å². The molecular weight excluding hydrogens is 269 g/mol. The number of likely N-dealkylation sites (tertiary alicyclic amines) is 1. The number of benzene rings is 1. The Hall–Kier alpha value is -1.46. The summed E-state index contributed by atoms with van der Waals surface area (Å²) in [4.78, 5) is 14.5. The number of hydrogen-bond acceptors (Lipinski definition) is 3. The normalized spacial score (nSPS) is 20.4. The van der Waals surface area contributed by atoms with Crippen LogP contribution in [0.2, 0.25) is 0 Å². The number of amides is 1. The summed E-state index contributed by atoms with van der Waals surface area (Å²) in [5, 5.41) is 6.10. The first kappa shape index (κ1) is 15.9. The fourth-order valence-corrected chi connectivity index (χ4v) is 2.61. The molecular formula is C16H24FN3O. The minimum atomic E-state index is -0.226. The number of carbonyl (C=O) groups is 1. The van der Waals surface area contributed by atoms with E-state index in [4.69, 9.17) is 0 Å². The molecule has 21 heavy (non-hydrogen) atoms. The van der Waals surface area contributed by atoms with Crippen LogP contribution in [0.5, 0.6) is 0 Å². The van der Waals surface area contributed by atoms with Gasteiger partial charge >= 0.3 is 0 Å². The van der Waals surface area contributed by atoms with Gasteiger partial charge in [0.05, 0.1) is 6.04 Å². The third-order valence-corrected chi connectivity index (χ3v) is 4.04. The highest BCUT2D eigenvalue weighted by atomic mass is 19.1. The molecule has 0 aromatic heterocycles. The average molecular weight is 293 g/mol. The van der Waals surface area contributed by atoms with Gasteiger partial charge in [0.1, 0.15) is 5.82 Å². The monoisotopic (exact) mass is 293 g/mol. The lowest BCUT2D eigenvalue weighted by molar-refractivity contribution is -0.125. The third kappa shape index (κ3) is 4.51. The second-order valence-electron chi connectivity index (χ2n) is 5.69. The van der Waals surface area contributed by atoms with Crippen LogP contribution < -0.4 is 10.6 Å². The SMILES string of the molecule is CNC(C)CNC(=O)C1CCCN1Cc1ccc(F)cc1. The Morgan fingerprint density at radius 2 is 2.14 bits per heavy atom. The Balaban J connectivity index is 1.90. The lowest BCUT2D eigenvalue weighted by Gasteiger charge is -2.24. The maximum absolute atomic E-state index is 12.9. The molecule has 1 heterocycles. The average Bonchev–Trinajstić information content (AvgIpc) is 2.95. The van der Waals surface area contributed by atoms with Crippen LogP contribution in [0.3, 0.4) is 0 Å². The van der Waals surface area contributed by atoms with E-state index >= 15 is 0 Å². The maximum atomic E-state index is 12.9. The Bertz CT molecular complexity index is 463. The zero-order valence-electron chi connectivity index (χ0n) is 12.7. The van der Waals surface area contributed by atoms with E-state index in [0.29, 0.717) is 13.1 Å². The van der Waals surface area contributed by atoms with Gasteiger partial charge < -0.3 is 10.6 Å². The third-order valence-electron chi connectivity index (χ3n) is 4.04. The summed E-state index contributed by atoms with van der Waals surface area (Å²) in [6, 6.07) is 6.70. The molecule has 2 rings (SSSR count). The highest BCUT2D eigenvalue weighted by Crippen LogP contribution is 2.20. The van der Waals surface area contributed by atoms with Crippen LogP contribution in [-0.4, -0.2) is 43.0 Å². The molecule has 0 saturated carbocycles. The second-order valence-corrected chi connectivity index (χ2v) is 5.69. The van der Waals surface area contributed by atoms with Crippen molar-refractivity contribution in [1.29, 1.82) is 0 Å². The van der Waals surface area contributed by atoms with E-state index in [2.05, 4.69) is 15.5 Å². The van der Waals surface area contributed by atoms with Gasteiger partial charge in [-0.2, -0.15) is 0 Å².